The van der Waals surface area contributed by atoms with Crippen molar-refractivity contribution < 1.29 is 29.5 Å². The van der Waals surface area contributed by atoms with Crippen molar-refractivity contribution in [3.8, 4) is 0 Å². The molecule has 0 fully saturated rings. The van der Waals surface area contributed by atoms with Gasteiger partial charge >= 0.3 is 58.1 Å². The Morgan fingerprint density at radius 3 is 2.89 bits per heavy atom. The first-order valence-electron chi connectivity index (χ1n) is 2.19. The van der Waals surface area contributed by atoms with Gasteiger partial charge in [-0.1, -0.05) is 0 Å². The third-order valence-electron chi connectivity index (χ3n) is 0.772. The minimum Gasteiger partial charge on any atom is 0.187 e. The van der Waals surface area contributed by atoms with Crippen molar-refractivity contribution in [2.24, 2.45) is 0 Å². The largest absolute Gasteiger partial charge is 0.187 e. The third-order valence-corrected chi connectivity index (χ3v) is 1.86. The SMILES string of the molecule is O[I-]Cc1ccco1.[AlH3]. The normalized spacial score (nSPS) is 9.00. The molecule has 1 heterocycles. The fourth-order valence-electron chi connectivity index (χ4n) is 0.448. The van der Waals surface area contributed by atoms with Gasteiger partial charge in [-0.3, -0.25) is 0 Å². The van der Waals surface area contributed by atoms with E-state index in [9.17, 15) is 0 Å². The molecule has 0 aromatic carbocycles. The van der Waals surface area contributed by atoms with E-state index in [0.717, 1.165) is 10.2 Å². The van der Waals surface area contributed by atoms with E-state index in [0.29, 0.717) is 0 Å². The molecule has 0 saturated carbocycles. The van der Waals surface area contributed by atoms with E-state index in [2.05, 4.69) is 0 Å². The first kappa shape index (κ1) is 9.50. The first-order valence-corrected chi connectivity index (χ1v) is 4.68. The fraction of sp³-hybridized carbons (Fsp3) is 0.200. The van der Waals surface area contributed by atoms with E-state index < -0.39 is 21.6 Å². The van der Waals surface area contributed by atoms with Crippen molar-refractivity contribution in [1.29, 1.82) is 0 Å². The van der Waals surface area contributed by atoms with Crippen LogP contribution < -0.4 is 21.6 Å². The maximum Gasteiger partial charge on any atom is 0.187 e. The van der Waals surface area contributed by atoms with Crippen LogP contribution in [0.1, 0.15) is 5.76 Å². The Labute approximate surface area is 75.2 Å². The van der Waals surface area contributed by atoms with Crippen molar-refractivity contribution in [3.63, 3.8) is 0 Å². The maximum absolute atomic E-state index is 8.49. The molecule has 1 N–H and O–H groups in total. The second kappa shape index (κ2) is 5.30. The number of hydrogen-bond donors (Lipinski definition) is 1. The van der Waals surface area contributed by atoms with Crippen LogP contribution in [0, 0.1) is 0 Å². The predicted molar refractivity (Wildman–Crippen MR) is 34.6 cm³/mol. The van der Waals surface area contributed by atoms with E-state index in [1.807, 2.05) is 12.1 Å². The van der Waals surface area contributed by atoms with Crippen LogP contribution in [0.3, 0.4) is 0 Å². The quantitative estimate of drug-likeness (QED) is 0.339. The van der Waals surface area contributed by atoms with Gasteiger partial charge in [-0.15, -0.1) is 0 Å². The van der Waals surface area contributed by atoms with Crippen LogP contribution in [-0.2, 0) is 4.43 Å². The molecular formula is C5H9AlIO2-. The van der Waals surface area contributed by atoms with Crippen molar-refractivity contribution in [1.82, 2.24) is 0 Å². The van der Waals surface area contributed by atoms with Crippen LogP contribution >= 0.6 is 0 Å². The van der Waals surface area contributed by atoms with E-state index in [4.69, 9.17) is 7.85 Å². The van der Waals surface area contributed by atoms with Crippen LogP contribution in [0.5, 0.6) is 0 Å². The van der Waals surface area contributed by atoms with Gasteiger partial charge in [-0.05, 0) is 0 Å². The van der Waals surface area contributed by atoms with Gasteiger partial charge in [0.25, 0.3) is 0 Å². The smallest absolute Gasteiger partial charge is 0.187 e. The molecule has 9 heavy (non-hydrogen) atoms. The molecular weight excluding hydrogens is 246 g/mol. The predicted octanol–water partition coefficient (Wildman–Crippen LogP) is -3.41. The molecule has 0 bridgehead atoms. The summed E-state index contributed by atoms with van der Waals surface area (Å²) in [6.07, 6.45) is 1.62. The average molecular weight is 255 g/mol. The standard InChI is InChI=1S/C5H6IO2.Al.3H/c7-6-4-5-2-1-3-8-5;;;;/h1-3,7H,4H2;;;;/q-1;;;;. The molecule has 0 amide bonds. The fourth-order valence-corrected chi connectivity index (χ4v) is 1.22. The minimum absolute atomic E-state index is 0. The summed E-state index contributed by atoms with van der Waals surface area (Å²) >= 11 is -0.639. The number of rotatable bonds is 2. The Morgan fingerprint density at radius 2 is 2.44 bits per heavy atom. The van der Waals surface area contributed by atoms with Gasteiger partial charge in [0.2, 0.25) is 0 Å². The molecule has 0 aliphatic heterocycles. The second-order valence-electron chi connectivity index (χ2n) is 1.33. The Morgan fingerprint density at radius 1 is 1.67 bits per heavy atom. The molecule has 2 nitrogen and oxygen atoms in total. The van der Waals surface area contributed by atoms with Crippen LogP contribution in [0.15, 0.2) is 22.8 Å². The number of halogens is 1. The summed E-state index contributed by atoms with van der Waals surface area (Å²) in [4.78, 5) is 0. The van der Waals surface area contributed by atoms with Gasteiger partial charge < -0.3 is 0 Å². The Balaban J connectivity index is 0.000000640. The molecule has 0 unspecified atom stereocenters. The van der Waals surface area contributed by atoms with E-state index in [-0.39, 0.29) is 17.4 Å². The third kappa shape index (κ3) is 3.26. The first-order chi connectivity index (χ1) is 3.93. The molecule has 1 rings (SSSR count). The molecule has 0 aliphatic rings. The molecule has 52 valence electrons. The van der Waals surface area contributed by atoms with Crippen molar-refractivity contribution >= 4 is 17.4 Å². The second-order valence-corrected chi connectivity index (χ2v) is 2.78. The molecule has 0 saturated heterocycles. The summed E-state index contributed by atoms with van der Waals surface area (Å²) in [5.41, 5.74) is 0. The van der Waals surface area contributed by atoms with Gasteiger partial charge in [0.15, 0.2) is 17.4 Å². The zero-order chi connectivity index (χ0) is 5.82. The van der Waals surface area contributed by atoms with Crippen LogP contribution in [-0.4, -0.2) is 20.8 Å². The Bertz CT molecular complexity index is 141. The van der Waals surface area contributed by atoms with Gasteiger partial charge in [0, 0.05) is 0 Å². The van der Waals surface area contributed by atoms with Crippen LogP contribution in [0.25, 0.3) is 0 Å². The van der Waals surface area contributed by atoms with E-state index in [1.165, 1.54) is 0 Å². The van der Waals surface area contributed by atoms with Crippen LogP contribution in [0.2, 0.25) is 0 Å². The summed E-state index contributed by atoms with van der Waals surface area (Å²) in [6, 6.07) is 3.70. The van der Waals surface area contributed by atoms with Crippen molar-refractivity contribution in [2.75, 3.05) is 0 Å². The van der Waals surface area contributed by atoms with Crippen LogP contribution in [0.4, 0.5) is 0 Å². The molecule has 0 atom stereocenters. The van der Waals surface area contributed by atoms with E-state index in [1.54, 1.807) is 6.26 Å². The summed E-state index contributed by atoms with van der Waals surface area (Å²) in [7, 11) is 0. The molecule has 0 aliphatic carbocycles. The summed E-state index contributed by atoms with van der Waals surface area (Å²) in [5, 5.41) is 0. The van der Waals surface area contributed by atoms with Crippen molar-refractivity contribution in [3.05, 3.63) is 24.2 Å². The van der Waals surface area contributed by atoms with Gasteiger partial charge in [0.05, 0.1) is 0 Å². The van der Waals surface area contributed by atoms with Gasteiger partial charge in [0.1, 0.15) is 0 Å². The number of furan rings is 1. The van der Waals surface area contributed by atoms with Crippen molar-refractivity contribution in [2.45, 2.75) is 4.43 Å². The topological polar surface area (TPSA) is 33.4 Å². The van der Waals surface area contributed by atoms with E-state index >= 15 is 0 Å². The van der Waals surface area contributed by atoms with Gasteiger partial charge in [-0.2, -0.15) is 0 Å². The molecule has 1 aromatic heterocycles. The van der Waals surface area contributed by atoms with Gasteiger partial charge in [-0.25, -0.2) is 0 Å². The molecule has 4 heteroatoms. The monoisotopic (exact) mass is 255 g/mol. The minimum atomic E-state index is -0.639. The number of alkyl halides is 1. The Kier molecular flexibility index (Phi) is 5.60. The summed E-state index contributed by atoms with van der Waals surface area (Å²) < 4.78 is 14.2. The molecule has 0 spiro atoms. The average Bonchev–Trinajstić information content (AvgIpc) is 2.19. The maximum atomic E-state index is 8.49. The Hall–Kier alpha value is 0.502. The zero-order valence-electron chi connectivity index (χ0n) is 4.17. The summed E-state index contributed by atoms with van der Waals surface area (Å²) in [6.45, 7) is 0. The number of hydrogen-bond acceptors (Lipinski definition) is 2. The summed E-state index contributed by atoms with van der Waals surface area (Å²) in [5.74, 6) is 0.889. The molecule has 1 aromatic rings. The zero-order valence-corrected chi connectivity index (χ0v) is 6.33. The molecule has 0 radical (unpaired) electrons.